The predicted molar refractivity (Wildman–Crippen MR) is 96.4 cm³/mol. The lowest BCUT2D eigenvalue weighted by Crippen LogP contribution is -2.45. The fourth-order valence-corrected chi connectivity index (χ4v) is 3.87. The number of piperidine rings is 1. The van der Waals surface area contributed by atoms with Crippen LogP contribution in [0.2, 0.25) is 0 Å². The fraction of sp³-hybridized carbons (Fsp3) is 0.278. The summed E-state index contributed by atoms with van der Waals surface area (Å²) in [5.74, 6) is 0.964. The summed E-state index contributed by atoms with van der Waals surface area (Å²) in [7, 11) is 0. The lowest BCUT2D eigenvalue weighted by molar-refractivity contribution is 0.0715. The SMILES string of the molecule is O=C(c1ccccc1)N1CCCC(Nc2ncnc3sccc23)C1. The van der Waals surface area contributed by atoms with Crippen molar-refractivity contribution in [1.82, 2.24) is 14.9 Å². The highest BCUT2D eigenvalue weighted by molar-refractivity contribution is 7.16. The molecule has 1 aliphatic heterocycles. The molecule has 4 rings (SSSR count). The molecule has 6 heteroatoms. The number of carbonyl (C=O) groups is 1. The Hall–Kier alpha value is -2.47. The average Bonchev–Trinajstić information content (AvgIpc) is 3.12. The first-order valence-corrected chi connectivity index (χ1v) is 8.98. The van der Waals surface area contributed by atoms with Crippen LogP contribution in [0, 0.1) is 0 Å². The number of thiophene rings is 1. The minimum atomic E-state index is 0.102. The second-order valence-electron chi connectivity index (χ2n) is 5.96. The number of amides is 1. The topological polar surface area (TPSA) is 58.1 Å². The summed E-state index contributed by atoms with van der Waals surface area (Å²) < 4.78 is 0. The van der Waals surface area contributed by atoms with E-state index in [0.29, 0.717) is 6.54 Å². The fourth-order valence-electron chi connectivity index (χ4n) is 3.14. The van der Waals surface area contributed by atoms with E-state index >= 15 is 0 Å². The van der Waals surface area contributed by atoms with E-state index in [-0.39, 0.29) is 11.9 Å². The lowest BCUT2D eigenvalue weighted by atomic mass is 10.0. The van der Waals surface area contributed by atoms with Gasteiger partial charge in [0.25, 0.3) is 5.91 Å². The Morgan fingerprint density at radius 2 is 2.08 bits per heavy atom. The zero-order valence-electron chi connectivity index (χ0n) is 13.2. The number of hydrogen-bond donors (Lipinski definition) is 1. The smallest absolute Gasteiger partial charge is 0.253 e. The molecule has 0 saturated carbocycles. The summed E-state index contributed by atoms with van der Waals surface area (Å²) in [6.45, 7) is 1.51. The van der Waals surface area contributed by atoms with Crippen LogP contribution >= 0.6 is 11.3 Å². The molecule has 1 fully saturated rings. The molecule has 0 spiro atoms. The third-order valence-electron chi connectivity index (χ3n) is 4.33. The van der Waals surface area contributed by atoms with Gasteiger partial charge in [-0.3, -0.25) is 4.79 Å². The summed E-state index contributed by atoms with van der Waals surface area (Å²) in [6.07, 6.45) is 3.62. The molecule has 2 aromatic heterocycles. The van der Waals surface area contributed by atoms with Crippen molar-refractivity contribution in [3.8, 4) is 0 Å². The number of aromatic nitrogens is 2. The number of fused-ring (bicyclic) bond motifs is 1. The van der Waals surface area contributed by atoms with Gasteiger partial charge in [-0.05, 0) is 36.4 Å². The average molecular weight is 338 g/mol. The molecular formula is C18H18N4OS. The van der Waals surface area contributed by atoms with Crippen LogP contribution in [0.25, 0.3) is 10.2 Å². The standard InChI is InChI=1S/C18H18N4OS/c23-18(13-5-2-1-3-6-13)22-9-4-7-14(11-22)21-16-15-8-10-24-17(15)20-12-19-16/h1-3,5-6,8,10,12,14H,4,7,9,11H2,(H,19,20,21). The number of nitrogens with zero attached hydrogens (tertiary/aromatic N) is 3. The monoisotopic (exact) mass is 338 g/mol. The summed E-state index contributed by atoms with van der Waals surface area (Å²) in [5, 5.41) is 6.58. The van der Waals surface area contributed by atoms with Crippen LogP contribution in [-0.2, 0) is 0 Å². The minimum Gasteiger partial charge on any atom is -0.365 e. The maximum atomic E-state index is 12.6. The Labute approximate surface area is 144 Å². The van der Waals surface area contributed by atoms with Crippen molar-refractivity contribution in [3.63, 3.8) is 0 Å². The van der Waals surface area contributed by atoms with Gasteiger partial charge in [-0.25, -0.2) is 9.97 Å². The van der Waals surface area contributed by atoms with Crippen molar-refractivity contribution in [2.24, 2.45) is 0 Å². The van der Waals surface area contributed by atoms with Crippen LogP contribution in [0.3, 0.4) is 0 Å². The van der Waals surface area contributed by atoms with Crippen molar-refractivity contribution >= 4 is 33.3 Å². The van der Waals surface area contributed by atoms with Gasteiger partial charge in [0.2, 0.25) is 0 Å². The van der Waals surface area contributed by atoms with E-state index in [9.17, 15) is 4.79 Å². The molecule has 0 radical (unpaired) electrons. The van der Waals surface area contributed by atoms with Crippen molar-refractivity contribution in [2.75, 3.05) is 18.4 Å². The maximum Gasteiger partial charge on any atom is 0.253 e. The van der Waals surface area contributed by atoms with Crippen molar-refractivity contribution in [3.05, 3.63) is 53.7 Å². The van der Waals surface area contributed by atoms with Crippen LogP contribution in [-0.4, -0.2) is 39.9 Å². The van der Waals surface area contributed by atoms with Gasteiger partial charge in [-0.15, -0.1) is 11.3 Å². The van der Waals surface area contributed by atoms with Crippen LogP contribution in [0.1, 0.15) is 23.2 Å². The van der Waals surface area contributed by atoms with Crippen molar-refractivity contribution in [1.29, 1.82) is 0 Å². The van der Waals surface area contributed by atoms with Gasteiger partial charge in [0.05, 0.1) is 5.39 Å². The summed E-state index contributed by atoms with van der Waals surface area (Å²) in [5.41, 5.74) is 0.750. The van der Waals surface area contributed by atoms with E-state index in [0.717, 1.165) is 41.0 Å². The molecule has 3 aromatic rings. The Balaban J connectivity index is 1.49. The van der Waals surface area contributed by atoms with Gasteiger partial charge in [-0.2, -0.15) is 0 Å². The molecule has 122 valence electrons. The van der Waals surface area contributed by atoms with Gasteiger partial charge in [0, 0.05) is 24.7 Å². The molecule has 1 atom stereocenters. The molecule has 1 aromatic carbocycles. The molecule has 0 bridgehead atoms. The molecular weight excluding hydrogens is 320 g/mol. The van der Waals surface area contributed by atoms with E-state index in [4.69, 9.17) is 0 Å². The number of likely N-dealkylation sites (tertiary alicyclic amines) is 1. The highest BCUT2D eigenvalue weighted by Crippen LogP contribution is 2.25. The zero-order valence-corrected chi connectivity index (χ0v) is 14.0. The van der Waals surface area contributed by atoms with E-state index < -0.39 is 0 Å². The Kier molecular flexibility index (Phi) is 4.13. The zero-order chi connectivity index (χ0) is 16.4. The molecule has 1 unspecified atom stereocenters. The summed E-state index contributed by atoms with van der Waals surface area (Å²) >= 11 is 1.61. The predicted octanol–water partition coefficient (Wildman–Crippen LogP) is 3.41. The summed E-state index contributed by atoms with van der Waals surface area (Å²) in [4.78, 5) is 24.2. The van der Waals surface area contributed by atoms with Gasteiger partial charge >= 0.3 is 0 Å². The first-order chi connectivity index (χ1) is 11.8. The number of anilines is 1. The Morgan fingerprint density at radius 1 is 1.21 bits per heavy atom. The molecule has 0 aliphatic carbocycles. The Morgan fingerprint density at radius 3 is 2.96 bits per heavy atom. The molecule has 5 nitrogen and oxygen atoms in total. The van der Waals surface area contributed by atoms with E-state index in [1.54, 1.807) is 17.7 Å². The molecule has 1 N–H and O–H groups in total. The quantitative estimate of drug-likeness (QED) is 0.795. The van der Waals surface area contributed by atoms with Crippen molar-refractivity contribution in [2.45, 2.75) is 18.9 Å². The first kappa shape index (κ1) is 15.1. The highest BCUT2D eigenvalue weighted by atomic mass is 32.1. The van der Waals surface area contributed by atoms with E-state index in [1.165, 1.54) is 0 Å². The second kappa shape index (κ2) is 6.57. The van der Waals surface area contributed by atoms with Gasteiger partial charge in [0.1, 0.15) is 17.0 Å². The Bertz CT molecular complexity index is 848. The second-order valence-corrected chi connectivity index (χ2v) is 6.86. The number of carbonyl (C=O) groups excluding carboxylic acids is 1. The van der Waals surface area contributed by atoms with Crippen LogP contribution < -0.4 is 5.32 Å². The van der Waals surface area contributed by atoms with Crippen LogP contribution in [0.4, 0.5) is 5.82 Å². The largest absolute Gasteiger partial charge is 0.365 e. The molecule has 1 aliphatic rings. The number of hydrogen-bond acceptors (Lipinski definition) is 5. The highest BCUT2D eigenvalue weighted by Gasteiger charge is 2.25. The normalized spacial score (nSPS) is 17.8. The molecule has 1 saturated heterocycles. The van der Waals surface area contributed by atoms with Gasteiger partial charge in [0.15, 0.2) is 0 Å². The number of benzene rings is 1. The maximum absolute atomic E-state index is 12.6. The molecule has 24 heavy (non-hydrogen) atoms. The van der Waals surface area contributed by atoms with E-state index in [1.807, 2.05) is 46.7 Å². The molecule has 1 amide bonds. The molecule has 3 heterocycles. The van der Waals surface area contributed by atoms with Gasteiger partial charge in [-0.1, -0.05) is 18.2 Å². The summed E-state index contributed by atoms with van der Waals surface area (Å²) in [6, 6.07) is 11.7. The van der Waals surface area contributed by atoms with Crippen LogP contribution in [0.15, 0.2) is 48.1 Å². The number of nitrogens with one attached hydrogen (secondary N) is 1. The van der Waals surface area contributed by atoms with Crippen molar-refractivity contribution < 1.29 is 4.79 Å². The number of rotatable bonds is 3. The lowest BCUT2D eigenvalue weighted by Gasteiger charge is -2.33. The first-order valence-electron chi connectivity index (χ1n) is 8.10. The third kappa shape index (κ3) is 2.97. The third-order valence-corrected chi connectivity index (χ3v) is 5.15. The van der Waals surface area contributed by atoms with E-state index in [2.05, 4.69) is 15.3 Å². The van der Waals surface area contributed by atoms with Crippen LogP contribution in [0.5, 0.6) is 0 Å². The minimum absolute atomic E-state index is 0.102. The van der Waals surface area contributed by atoms with Gasteiger partial charge < -0.3 is 10.2 Å².